The van der Waals surface area contributed by atoms with E-state index < -0.39 is 5.97 Å². The maximum absolute atomic E-state index is 11.2. The fourth-order valence-electron chi connectivity index (χ4n) is 2.05. The van der Waals surface area contributed by atoms with Crippen LogP contribution in [0.3, 0.4) is 0 Å². The summed E-state index contributed by atoms with van der Waals surface area (Å²) >= 11 is 0. The van der Waals surface area contributed by atoms with Crippen molar-refractivity contribution in [2.24, 2.45) is 0 Å². The minimum atomic E-state index is -0.867. The molecule has 1 aromatic rings. The van der Waals surface area contributed by atoms with Gasteiger partial charge in [0.05, 0.1) is 0 Å². The van der Waals surface area contributed by atoms with E-state index >= 15 is 0 Å². The highest BCUT2D eigenvalue weighted by Gasteiger charge is 2.32. The van der Waals surface area contributed by atoms with E-state index in [1.54, 1.807) is 6.07 Å². The Hall–Kier alpha value is -1.25. The molecule has 2 rings (SSSR count). The SMILES string of the molecule is CCC(C)(C)c1cc(C(=O)O)c(C2CCC2)o1. The highest BCUT2D eigenvalue weighted by atomic mass is 16.4. The third-order valence-electron chi connectivity index (χ3n) is 4.02. The molecule has 3 nitrogen and oxygen atoms in total. The fraction of sp³-hybridized carbons (Fsp3) is 0.643. The van der Waals surface area contributed by atoms with Crippen LogP contribution in [-0.2, 0) is 5.41 Å². The second-order valence-corrected chi connectivity index (χ2v) is 5.56. The Balaban J connectivity index is 2.40. The van der Waals surface area contributed by atoms with Gasteiger partial charge in [-0.3, -0.25) is 0 Å². The van der Waals surface area contributed by atoms with Crippen LogP contribution in [0.25, 0.3) is 0 Å². The highest BCUT2D eigenvalue weighted by Crippen LogP contribution is 2.41. The summed E-state index contributed by atoms with van der Waals surface area (Å²) in [5.41, 5.74) is 0.276. The van der Waals surface area contributed by atoms with Crippen LogP contribution in [0.4, 0.5) is 0 Å². The van der Waals surface area contributed by atoms with Crippen LogP contribution >= 0.6 is 0 Å². The molecule has 0 aromatic carbocycles. The Labute approximate surface area is 102 Å². The lowest BCUT2D eigenvalue weighted by molar-refractivity contribution is 0.0692. The van der Waals surface area contributed by atoms with Gasteiger partial charge in [-0.1, -0.05) is 27.2 Å². The fourth-order valence-corrected chi connectivity index (χ4v) is 2.05. The number of furan rings is 1. The van der Waals surface area contributed by atoms with Crippen LogP contribution in [0.5, 0.6) is 0 Å². The van der Waals surface area contributed by atoms with Gasteiger partial charge in [0.2, 0.25) is 0 Å². The Morgan fingerprint density at radius 1 is 1.53 bits per heavy atom. The second kappa shape index (κ2) is 4.21. The Kier molecular flexibility index (Phi) is 3.02. The summed E-state index contributed by atoms with van der Waals surface area (Å²) in [4.78, 5) is 11.2. The van der Waals surface area contributed by atoms with Crippen LogP contribution in [0, 0.1) is 0 Å². The lowest BCUT2D eigenvalue weighted by Crippen LogP contribution is -2.14. The molecule has 1 N–H and O–H groups in total. The van der Waals surface area contributed by atoms with Crippen molar-refractivity contribution >= 4 is 5.97 Å². The van der Waals surface area contributed by atoms with Gasteiger partial charge in [0.15, 0.2) is 0 Å². The summed E-state index contributed by atoms with van der Waals surface area (Å²) < 4.78 is 5.85. The van der Waals surface area contributed by atoms with E-state index in [4.69, 9.17) is 4.42 Å². The summed E-state index contributed by atoms with van der Waals surface area (Å²) in [6.45, 7) is 6.26. The van der Waals surface area contributed by atoms with E-state index in [0.717, 1.165) is 25.0 Å². The van der Waals surface area contributed by atoms with Gasteiger partial charge in [0.1, 0.15) is 17.1 Å². The van der Waals surface area contributed by atoms with Crippen molar-refractivity contribution in [3.63, 3.8) is 0 Å². The van der Waals surface area contributed by atoms with Gasteiger partial charge in [-0.25, -0.2) is 4.79 Å². The van der Waals surface area contributed by atoms with Crippen molar-refractivity contribution < 1.29 is 14.3 Å². The summed E-state index contributed by atoms with van der Waals surface area (Å²) in [5.74, 6) is 0.955. The number of aromatic carboxylic acids is 1. The molecular formula is C14H20O3. The van der Waals surface area contributed by atoms with Gasteiger partial charge >= 0.3 is 5.97 Å². The van der Waals surface area contributed by atoms with E-state index in [1.807, 2.05) is 0 Å². The maximum Gasteiger partial charge on any atom is 0.339 e. The van der Waals surface area contributed by atoms with Crippen molar-refractivity contribution in [3.05, 3.63) is 23.2 Å². The lowest BCUT2D eigenvalue weighted by Gasteiger charge is -2.24. The number of hydrogen-bond donors (Lipinski definition) is 1. The van der Waals surface area contributed by atoms with E-state index in [2.05, 4.69) is 20.8 Å². The van der Waals surface area contributed by atoms with Crippen molar-refractivity contribution in [1.29, 1.82) is 0 Å². The third-order valence-corrected chi connectivity index (χ3v) is 4.02. The molecule has 0 spiro atoms. The average Bonchev–Trinajstić information content (AvgIpc) is 2.60. The Morgan fingerprint density at radius 3 is 2.59 bits per heavy atom. The first-order valence-electron chi connectivity index (χ1n) is 6.33. The van der Waals surface area contributed by atoms with Crippen molar-refractivity contribution in [2.45, 2.75) is 57.8 Å². The number of carbonyl (C=O) groups is 1. The van der Waals surface area contributed by atoms with Crippen LogP contribution in [0.15, 0.2) is 10.5 Å². The maximum atomic E-state index is 11.2. The molecule has 17 heavy (non-hydrogen) atoms. The quantitative estimate of drug-likeness (QED) is 0.861. The van der Waals surface area contributed by atoms with Crippen LogP contribution in [0.1, 0.15) is 74.3 Å². The van der Waals surface area contributed by atoms with E-state index in [1.165, 1.54) is 6.42 Å². The summed E-state index contributed by atoms with van der Waals surface area (Å²) in [6, 6.07) is 1.72. The molecule has 1 aromatic heterocycles. The third kappa shape index (κ3) is 2.11. The molecule has 0 bridgehead atoms. The molecule has 0 atom stereocenters. The summed E-state index contributed by atoms with van der Waals surface area (Å²) in [7, 11) is 0. The standard InChI is InChI=1S/C14H20O3/c1-4-14(2,3)11-8-10(13(15)16)12(17-11)9-6-5-7-9/h8-9H,4-7H2,1-3H3,(H,15,16). The van der Waals surface area contributed by atoms with Gasteiger partial charge in [-0.15, -0.1) is 0 Å². The van der Waals surface area contributed by atoms with Gasteiger partial charge < -0.3 is 9.52 Å². The van der Waals surface area contributed by atoms with Gasteiger partial charge in [0.25, 0.3) is 0 Å². The predicted molar refractivity (Wildman–Crippen MR) is 65.6 cm³/mol. The van der Waals surface area contributed by atoms with Crippen molar-refractivity contribution in [1.82, 2.24) is 0 Å². The zero-order valence-electron chi connectivity index (χ0n) is 10.7. The lowest BCUT2D eigenvalue weighted by atomic mass is 9.82. The molecule has 1 heterocycles. The minimum absolute atomic E-state index is 0.0911. The molecule has 94 valence electrons. The number of rotatable bonds is 4. The Morgan fingerprint density at radius 2 is 2.18 bits per heavy atom. The normalized spacial score (nSPS) is 16.9. The zero-order chi connectivity index (χ0) is 12.6. The van der Waals surface area contributed by atoms with Crippen molar-refractivity contribution in [2.75, 3.05) is 0 Å². The molecule has 1 aliphatic carbocycles. The molecule has 1 fully saturated rings. The molecular weight excluding hydrogens is 216 g/mol. The van der Waals surface area contributed by atoms with Crippen LogP contribution < -0.4 is 0 Å². The molecule has 0 unspecified atom stereocenters. The highest BCUT2D eigenvalue weighted by molar-refractivity contribution is 5.89. The van der Waals surface area contributed by atoms with Gasteiger partial charge in [-0.2, -0.15) is 0 Å². The number of hydrogen-bond acceptors (Lipinski definition) is 2. The van der Waals surface area contributed by atoms with Crippen LogP contribution in [-0.4, -0.2) is 11.1 Å². The topological polar surface area (TPSA) is 50.4 Å². The zero-order valence-corrected chi connectivity index (χ0v) is 10.7. The largest absolute Gasteiger partial charge is 0.478 e. The molecule has 0 radical (unpaired) electrons. The molecule has 0 saturated heterocycles. The number of carboxylic acids is 1. The first-order valence-corrected chi connectivity index (χ1v) is 6.33. The van der Waals surface area contributed by atoms with Gasteiger partial charge in [0, 0.05) is 11.3 Å². The van der Waals surface area contributed by atoms with E-state index in [-0.39, 0.29) is 5.41 Å². The summed E-state index contributed by atoms with van der Waals surface area (Å²) in [5, 5.41) is 9.23. The smallest absolute Gasteiger partial charge is 0.339 e. The molecule has 1 aliphatic rings. The second-order valence-electron chi connectivity index (χ2n) is 5.56. The monoisotopic (exact) mass is 236 g/mol. The summed E-state index contributed by atoms with van der Waals surface area (Å²) in [6.07, 6.45) is 4.22. The average molecular weight is 236 g/mol. The first-order chi connectivity index (χ1) is 7.95. The first kappa shape index (κ1) is 12.2. The van der Waals surface area contributed by atoms with E-state index in [9.17, 15) is 9.90 Å². The van der Waals surface area contributed by atoms with Crippen LogP contribution in [0.2, 0.25) is 0 Å². The predicted octanol–water partition coefficient (Wildman–Crippen LogP) is 3.93. The molecule has 0 amide bonds. The molecule has 1 saturated carbocycles. The van der Waals surface area contributed by atoms with E-state index in [0.29, 0.717) is 17.2 Å². The minimum Gasteiger partial charge on any atom is -0.478 e. The number of carboxylic acid groups (broad SMARTS) is 1. The van der Waals surface area contributed by atoms with Crippen molar-refractivity contribution in [3.8, 4) is 0 Å². The molecule has 0 aliphatic heterocycles. The van der Waals surface area contributed by atoms with Gasteiger partial charge in [-0.05, 0) is 25.3 Å². The molecule has 3 heteroatoms. The Bertz CT molecular complexity index is 425.